The molecule has 0 aliphatic carbocycles. The summed E-state index contributed by atoms with van der Waals surface area (Å²) in [5.41, 5.74) is 0. The van der Waals surface area contributed by atoms with E-state index in [2.05, 4.69) is 39.2 Å². The Morgan fingerprint density at radius 2 is 2.10 bits per heavy atom. The molecule has 1 aliphatic heterocycles. The number of aliphatic imine (C=N–C) groups is 1. The molecule has 6 nitrogen and oxygen atoms in total. The summed E-state index contributed by atoms with van der Waals surface area (Å²) in [6, 6.07) is 0. The Labute approximate surface area is 127 Å². The molecule has 0 radical (unpaired) electrons. The Kier molecular flexibility index (Phi) is 5.59. The van der Waals surface area contributed by atoms with E-state index in [1.54, 1.807) is 0 Å². The van der Waals surface area contributed by atoms with Gasteiger partial charge in [0.1, 0.15) is 0 Å². The first-order valence-electron chi connectivity index (χ1n) is 7.83. The van der Waals surface area contributed by atoms with Crippen LogP contribution in [0.1, 0.15) is 38.4 Å². The van der Waals surface area contributed by atoms with Gasteiger partial charge in [0.2, 0.25) is 5.89 Å². The average Bonchev–Trinajstić information content (AvgIpc) is 2.83. The van der Waals surface area contributed by atoms with Gasteiger partial charge in [-0.05, 0) is 31.6 Å². The molecule has 2 heterocycles. The monoisotopic (exact) mass is 293 g/mol. The first-order chi connectivity index (χ1) is 10.1. The molecule has 6 heteroatoms. The standard InChI is InChI=1S/C15H27N5O/c1-11-8-12(2)10-20(9-11)15(16-4)17-7-5-6-14-18-13(3)19-21-14/h11-12H,5-10H2,1-4H3,(H,16,17). The van der Waals surface area contributed by atoms with Crippen LogP contribution in [0.25, 0.3) is 0 Å². The fourth-order valence-electron chi connectivity index (χ4n) is 3.05. The molecule has 2 atom stereocenters. The summed E-state index contributed by atoms with van der Waals surface area (Å²) in [6.07, 6.45) is 3.07. The maximum atomic E-state index is 5.11. The number of rotatable bonds is 4. The lowest BCUT2D eigenvalue weighted by molar-refractivity contribution is 0.208. The van der Waals surface area contributed by atoms with Crippen LogP contribution in [0.3, 0.4) is 0 Å². The summed E-state index contributed by atoms with van der Waals surface area (Å²) >= 11 is 0. The van der Waals surface area contributed by atoms with E-state index >= 15 is 0 Å². The topological polar surface area (TPSA) is 66.5 Å². The maximum Gasteiger partial charge on any atom is 0.226 e. The Morgan fingerprint density at radius 3 is 2.67 bits per heavy atom. The van der Waals surface area contributed by atoms with Crippen molar-refractivity contribution in [2.75, 3.05) is 26.7 Å². The second kappa shape index (κ2) is 7.43. The molecule has 1 aromatic heterocycles. The zero-order chi connectivity index (χ0) is 15.2. The summed E-state index contributed by atoms with van der Waals surface area (Å²) in [5, 5.41) is 7.24. The molecule has 1 aliphatic rings. The minimum atomic E-state index is 0.699. The van der Waals surface area contributed by atoms with Gasteiger partial charge >= 0.3 is 0 Å². The molecular weight excluding hydrogens is 266 g/mol. The normalized spacial score (nSPS) is 23.4. The van der Waals surface area contributed by atoms with Crippen molar-refractivity contribution in [2.45, 2.75) is 40.0 Å². The fraction of sp³-hybridized carbons (Fsp3) is 0.800. The summed E-state index contributed by atoms with van der Waals surface area (Å²) in [4.78, 5) is 11.0. The summed E-state index contributed by atoms with van der Waals surface area (Å²) in [5.74, 6) is 3.88. The van der Waals surface area contributed by atoms with Crippen molar-refractivity contribution in [1.82, 2.24) is 20.4 Å². The van der Waals surface area contributed by atoms with Crippen molar-refractivity contribution in [3.63, 3.8) is 0 Å². The molecule has 0 aromatic carbocycles. The molecule has 1 N–H and O–H groups in total. The molecule has 2 rings (SSSR count). The van der Waals surface area contributed by atoms with Gasteiger partial charge in [-0.15, -0.1) is 0 Å². The highest BCUT2D eigenvalue weighted by Gasteiger charge is 2.23. The summed E-state index contributed by atoms with van der Waals surface area (Å²) in [7, 11) is 1.85. The maximum absolute atomic E-state index is 5.11. The second-order valence-electron chi connectivity index (χ2n) is 6.16. The van der Waals surface area contributed by atoms with Crippen LogP contribution >= 0.6 is 0 Å². The Morgan fingerprint density at radius 1 is 1.38 bits per heavy atom. The van der Waals surface area contributed by atoms with E-state index in [-0.39, 0.29) is 0 Å². The van der Waals surface area contributed by atoms with Crippen LogP contribution in [-0.4, -0.2) is 47.7 Å². The van der Waals surface area contributed by atoms with Gasteiger partial charge in [0.05, 0.1) is 0 Å². The molecule has 0 saturated carbocycles. The number of nitrogens with one attached hydrogen (secondary N) is 1. The van der Waals surface area contributed by atoms with Crippen LogP contribution in [0, 0.1) is 18.8 Å². The first-order valence-corrected chi connectivity index (χ1v) is 7.83. The van der Waals surface area contributed by atoms with Crippen molar-refractivity contribution < 1.29 is 4.52 Å². The highest BCUT2D eigenvalue weighted by atomic mass is 16.5. The SMILES string of the molecule is CN=C(NCCCc1nc(C)no1)N1CC(C)CC(C)C1. The van der Waals surface area contributed by atoms with Crippen LogP contribution in [0.15, 0.2) is 9.52 Å². The highest BCUT2D eigenvalue weighted by molar-refractivity contribution is 5.79. The van der Waals surface area contributed by atoms with Crippen molar-refractivity contribution in [3.05, 3.63) is 11.7 Å². The van der Waals surface area contributed by atoms with Gasteiger partial charge in [-0.2, -0.15) is 4.98 Å². The second-order valence-corrected chi connectivity index (χ2v) is 6.16. The lowest BCUT2D eigenvalue weighted by Crippen LogP contribution is -2.48. The van der Waals surface area contributed by atoms with Crippen LogP contribution < -0.4 is 5.32 Å². The van der Waals surface area contributed by atoms with Crippen LogP contribution in [0.4, 0.5) is 0 Å². The molecule has 2 unspecified atom stereocenters. The number of aromatic nitrogens is 2. The van der Waals surface area contributed by atoms with Crippen LogP contribution in [-0.2, 0) is 6.42 Å². The van der Waals surface area contributed by atoms with E-state index in [0.717, 1.165) is 50.3 Å². The van der Waals surface area contributed by atoms with E-state index in [9.17, 15) is 0 Å². The molecular formula is C15H27N5O. The number of aryl methyl sites for hydroxylation is 2. The van der Waals surface area contributed by atoms with Gasteiger partial charge < -0.3 is 14.7 Å². The third-order valence-corrected chi connectivity index (χ3v) is 3.80. The fourth-order valence-corrected chi connectivity index (χ4v) is 3.05. The van der Waals surface area contributed by atoms with Gasteiger partial charge in [0.25, 0.3) is 0 Å². The Hall–Kier alpha value is -1.59. The van der Waals surface area contributed by atoms with Gasteiger partial charge in [-0.1, -0.05) is 19.0 Å². The smallest absolute Gasteiger partial charge is 0.226 e. The minimum Gasteiger partial charge on any atom is -0.356 e. The van der Waals surface area contributed by atoms with E-state index in [1.807, 2.05) is 14.0 Å². The predicted octanol–water partition coefficient (Wildman–Crippen LogP) is 1.86. The van der Waals surface area contributed by atoms with Crippen molar-refractivity contribution in [1.29, 1.82) is 0 Å². The van der Waals surface area contributed by atoms with Gasteiger partial charge in [-0.25, -0.2) is 0 Å². The van der Waals surface area contributed by atoms with Crippen molar-refractivity contribution in [3.8, 4) is 0 Å². The number of hydrogen-bond acceptors (Lipinski definition) is 4. The predicted molar refractivity (Wildman–Crippen MR) is 83.2 cm³/mol. The number of hydrogen-bond donors (Lipinski definition) is 1. The number of likely N-dealkylation sites (tertiary alicyclic amines) is 1. The van der Waals surface area contributed by atoms with E-state index in [1.165, 1.54) is 6.42 Å². The number of piperidine rings is 1. The highest BCUT2D eigenvalue weighted by Crippen LogP contribution is 2.20. The van der Waals surface area contributed by atoms with Crippen molar-refractivity contribution in [2.24, 2.45) is 16.8 Å². The summed E-state index contributed by atoms with van der Waals surface area (Å²) in [6.45, 7) is 9.51. The quantitative estimate of drug-likeness (QED) is 0.521. The zero-order valence-electron chi connectivity index (χ0n) is 13.6. The lowest BCUT2D eigenvalue weighted by atomic mass is 9.92. The lowest BCUT2D eigenvalue weighted by Gasteiger charge is -2.37. The van der Waals surface area contributed by atoms with E-state index in [0.29, 0.717) is 11.7 Å². The van der Waals surface area contributed by atoms with Gasteiger partial charge in [-0.3, -0.25) is 4.99 Å². The van der Waals surface area contributed by atoms with Crippen LogP contribution in [0.2, 0.25) is 0 Å². The summed E-state index contributed by atoms with van der Waals surface area (Å²) < 4.78 is 5.11. The number of guanidine groups is 1. The third-order valence-electron chi connectivity index (χ3n) is 3.80. The largest absolute Gasteiger partial charge is 0.356 e. The zero-order valence-corrected chi connectivity index (χ0v) is 13.6. The molecule has 0 amide bonds. The molecule has 0 spiro atoms. The minimum absolute atomic E-state index is 0.699. The molecule has 118 valence electrons. The van der Waals surface area contributed by atoms with Gasteiger partial charge in [0, 0.05) is 33.1 Å². The Bertz CT molecular complexity index is 460. The molecule has 21 heavy (non-hydrogen) atoms. The van der Waals surface area contributed by atoms with Crippen molar-refractivity contribution >= 4 is 5.96 Å². The average molecular weight is 293 g/mol. The Balaban J connectivity index is 1.75. The van der Waals surface area contributed by atoms with E-state index in [4.69, 9.17) is 4.52 Å². The van der Waals surface area contributed by atoms with Crippen LogP contribution in [0.5, 0.6) is 0 Å². The molecule has 1 aromatic rings. The van der Waals surface area contributed by atoms with E-state index < -0.39 is 0 Å². The number of nitrogens with zero attached hydrogens (tertiary/aromatic N) is 4. The molecule has 1 fully saturated rings. The molecule has 0 bridgehead atoms. The van der Waals surface area contributed by atoms with Gasteiger partial charge in [0.15, 0.2) is 11.8 Å². The first kappa shape index (κ1) is 15.8. The molecule has 1 saturated heterocycles. The third kappa shape index (κ3) is 4.72.